The van der Waals surface area contributed by atoms with Crippen LogP contribution < -0.4 is 9.64 Å². The van der Waals surface area contributed by atoms with E-state index < -0.39 is 0 Å². The summed E-state index contributed by atoms with van der Waals surface area (Å²) in [6.45, 7) is 11.4. The molecule has 0 bridgehead atoms. The number of aryl methyl sites for hydroxylation is 3. The molecule has 170 valence electrons. The first-order chi connectivity index (χ1) is 15.3. The Hall–Kier alpha value is -2.74. The predicted molar refractivity (Wildman–Crippen MR) is 123 cm³/mol. The zero-order valence-corrected chi connectivity index (χ0v) is 19.6. The molecule has 2 aliphatic rings. The third-order valence-electron chi connectivity index (χ3n) is 6.95. The number of morpholine rings is 1. The second kappa shape index (κ2) is 7.99. The molecule has 5 rings (SSSR count). The largest absolute Gasteiger partial charge is 0.477 e. The Balaban J connectivity index is 1.42. The van der Waals surface area contributed by atoms with Crippen molar-refractivity contribution in [1.82, 2.24) is 24.7 Å². The second-order valence-electron chi connectivity index (χ2n) is 9.87. The molecule has 4 heterocycles. The van der Waals surface area contributed by atoms with Crippen molar-refractivity contribution in [2.75, 3.05) is 31.2 Å². The highest BCUT2D eigenvalue weighted by Gasteiger charge is 2.44. The van der Waals surface area contributed by atoms with Gasteiger partial charge in [0.25, 0.3) is 0 Å². The third-order valence-corrected chi connectivity index (χ3v) is 6.95. The van der Waals surface area contributed by atoms with E-state index in [1.807, 2.05) is 26.4 Å². The van der Waals surface area contributed by atoms with Crippen molar-refractivity contribution in [3.8, 4) is 5.88 Å². The van der Waals surface area contributed by atoms with Crippen LogP contribution in [0.3, 0.4) is 0 Å². The summed E-state index contributed by atoms with van der Waals surface area (Å²) in [6, 6.07) is 2.09. The van der Waals surface area contributed by atoms with Crippen LogP contribution in [-0.2, 0) is 11.8 Å². The van der Waals surface area contributed by atoms with Gasteiger partial charge in [0.1, 0.15) is 6.10 Å². The molecule has 1 saturated heterocycles. The van der Waals surface area contributed by atoms with E-state index in [9.17, 15) is 0 Å². The molecule has 0 aromatic carbocycles. The van der Waals surface area contributed by atoms with Gasteiger partial charge in [-0.2, -0.15) is 15.1 Å². The topological polar surface area (TPSA) is 78.2 Å². The first-order valence-electron chi connectivity index (χ1n) is 11.4. The number of rotatable bonds is 6. The maximum absolute atomic E-state index is 6.24. The van der Waals surface area contributed by atoms with Gasteiger partial charge < -0.3 is 14.4 Å². The van der Waals surface area contributed by atoms with Crippen molar-refractivity contribution in [3.63, 3.8) is 0 Å². The first kappa shape index (κ1) is 21.1. The molecule has 0 N–H and O–H groups in total. The zero-order valence-electron chi connectivity index (χ0n) is 19.6. The molecule has 1 aliphatic carbocycles. The van der Waals surface area contributed by atoms with E-state index >= 15 is 0 Å². The minimum absolute atomic E-state index is 0.0640. The fraction of sp³-hybridized carbons (Fsp3) is 0.583. The number of fused-ring (bicyclic) bond motifs is 1. The average molecular weight is 437 g/mol. The zero-order chi connectivity index (χ0) is 22.5. The SMILES string of the molecule is Cc1cc2c(OCC[C@@H]3CC3(C)C)nc(N3CCO[C@@H](c4cnn(C)c4)C3)nc2nc1C. The van der Waals surface area contributed by atoms with Gasteiger partial charge in [0.15, 0.2) is 5.65 Å². The van der Waals surface area contributed by atoms with E-state index in [0.717, 1.165) is 41.1 Å². The van der Waals surface area contributed by atoms with Gasteiger partial charge in [-0.3, -0.25) is 4.68 Å². The molecular weight excluding hydrogens is 404 g/mol. The number of ether oxygens (including phenoxy) is 2. The molecule has 3 aromatic rings. The summed E-state index contributed by atoms with van der Waals surface area (Å²) in [4.78, 5) is 16.6. The van der Waals surface area contributed by atoms with Gasteiger partial charge in [0.05, 0.1) is 31.3 Å². The Labute approximate surface area is 189 Å². The summed E-state index contributed by atoms with van der Waals surface area (Å²) in [7, 11) is 1.92. The van der Waals surface area contributed by atoms with Gasteiger partial charge in [0.2, 0.25) is 11.8 Å². The van der Waals surface area contributed by atoms with Crippen LogP contribution in [-0.4, -0.2) is 51.0 Å². The van der Waals surface area contributed by atoms with Gasteiger partial charge in [0, 0.05) is 31.0 Å². The lowest BCUT2D eigenvalue weighted by Crippen LogP contribution is -2.39. The lowest BCUT2D eigenvalue weighted by Gasteiger charge is -2.32. The van der Waals surface area contributed by atoms with Crippen molar-refractivity contribution >= 4 is 17.0 Å². The summed E-state index contributed by atoms with van der Waals surface area (Å²) in [5.41, 5.74) is 4.29. The Morgan fingerprint density at radius 1 is 1.22 bits per heavy atom. The second-order valence-corrected chi connectivity index (χ2v) is 9.87. The number of nitrogens with zero attached hydrogens (tertiary/aromatic N) is 6. The minimum atomic E-state index is -0.0640. The molecule has 8 nitrogen and oxygen atoms in total. The van der Waals surface area contributed by atoms with Crippen LogP contribution in [0, 0.1) is 25.2 Å². The number of aromatic nitrogens is 5. The smallest absolute Gasteiger partial charge is 0.230 e. The third kappa shape index (κ3) is 4.16. The minimum Gasteiger partial charge on any atom is -0.477 e. The van der Waals surface area contributed by atoms with Crippen molar-refractivity contribution in [1.29, 1.82) is 0 Å². The van der Waals surface area contributed by atoms with Crippen molar-refractivity contribution < 1.29 is 9.47 Å². The highest BCUT2D eigenvalue weighted by atomic mass is 16.5. The van der Waals surface area contributed by atoms with Gasteiger partial charge in [-0.15, -0.1) is 0 Å². The van der Waals surface area contributed by atoms with Crippen LogP contribution in [0.2, 0.25) is 0 Å². The van der Waals surface area contributed by atoms with Crippen LogP contribution in [0.25, 0.3) is 11.0 Å². The van der Waals surface area contributed by atoms with Crippen molar-refractivity contribution in [3.05, 3.63) is 35.3 Å². The quantitative estimate of drug-likeness (QED) is 0.582. The van der Waals surface area contributed by atoms with E-state index in [1.54, 1.807) is 4.68 Å². The number of pyridine rings is 1. The Kier molecular flexibility index (Phi) is 5.28. The monoisotopic (exact) mass is 436 g/mol. The molecule has 2 atom stereocenters. The van der Waals surface area contributed by atoms with Crippen molar-refractivity contribution in [2.45, 2.75) is 46.6 Å². The molecule has 0 spiro atoms. The molecule has 0 amide bonds. The molecule has 2 fully saturated rings. The van der Waals surface area contributed by atoms with Crippen LogP contribution in [0.15, 0.2) is 18.5 Å². The summed E-state index contributed by atoms with van der Waals surface area (Å²) >= 11 is 0. The Morgan fingerprint density at radius 3 is 2.75 bits per heavy atom. The lowest BCUT2D eigenvalue weighted by molar-refractivity contribution is 0.0391. The Bertz CT molecular complexity index is 1140. The van der Waals surface area contributed by atoms with Crippen LogP contribution in [0.4, 0.5) is 5.95 Å². The normalized spacial score (nSPS) is 22.3. The molecule has 32 heavy (non-hydrogen) atoms. The van der Waals surface area contributed by atoms with E-state index in [2.05, 4.69) is 36.8 Å². The highest BCUT2D eigenvalue weighted by Crippen LogP contribution is 2.53. The summed E-state index contributed by atoms with van der Waals surface area (Å²) in [6.07, 6.45) is 6.11. The average Bonchev–Trinajstić information content (AvgIpc) is 3.14. The number of anilines is 1. The summed E-state index contributed by atoms with van der Waals surface area (Å²) in [5.74, 6) is 2.01. The van der Waals surface area contributed by atoms with Gasteiger partial charge in [-0.05, 0) is 49.7 Å². The summed E-state index contributed by atoms with van der Waals surface area (Å²) in [5, 5.41) is 5.16. The standard InChI is InChI=1S/C24H32N6O2/c1-15-10-19-21(26-16(15)2)27-23(28-22(19)32-8-6-18-11-24(18,3)4)30-7-9-31-20(14-30)17-12-25-29(5)13-17/h10,12-13,18,20H,6-9,11,14H2,1-5H3/t18-,20-/m1/s1. The maximum Gasteiger partial charge on any atom is 0.230 e. The first-order valence-corrected chi connectivity index (χ1v) is 11.4. The molecule has 3 aromatic heterocycles. The van der Waals surface area contributed by atoms with Gasteiger partial charge >= 0.3 is 0 Å². The van der Waals surface area contributed by atoms with Crippen LogP contribution >= 0.6 is 0 Å². The molecule has 1 saturated carbocycles. The fourth-order valence-electron chi connectivity index (χ4n) is 4.46. The van der Waals surface area contributed by atoms with Crippen LogP contribution in [0.1, 0.15) is 49.6 Å². The molecule has 1 aliphatic heterocycles. The van der Waals surface area contributed by atoms with E-state index in [1.165, 1.54) is 6.42 Å². The number of hydrogen-bond donors (Lipinski definition) is 0. The molecule has 0 radical (unpaired) electrons. The maximum atomic E-state index is 6.24. The van der Waals surface area contributed by atoms with E-state index in [4.69, 9.17) is 24.4 Å². The van der Waals surface area contributed by atoms with Gasteiger partial charge in [-0.25, -0.2) is 4.98 Å². The van der Waals surface area contributed by atoms with Gasteiger partial charge in [-0.1, -0.05) is 13.8 Å². The summed E-state index contributed by atoms with van der Waals surface area (Å²) < 4.78 is 14.0. The predicted octanol–water partition coefficient (Wildman–Crippen LogP) is 3.77. The van der Waals surface area contributed by atoms with Crippen LogP contribution in [0.5, 0.6) is 5.88 Å². The lowest BCUT2D eigenvalue weighted by atomic mass is 10.1. The molecular formula is C24H32N6O2. The highest BCUT2D eigenvalue weighted by molar-refractivity contribution is 5.82. The van der Waals surface area contributed by atoms with Crippen molar-refractivity contribution in [2.24, 2.45) is 18.4 Å². The van der Waals surface area contributed by atoms with E-state index in [0.29, 0.717) is 42.6 Å². The fourth-order valence-corrected chi connectivity index (χ4v) is 4.46. The molecule has 0 unspecified atom stereocenters. The Morgan fingerprint density at radius 2 is 2.03 bits per heavy atom. The van der Waals surface area contributed by atoms with E-state index in [-0.39, 0.29) is 6.10 Å². The number of hydrogen-bond acceptors (Lipinski definition) is 7. The molecule has 8 heteroatoms.